The van der Waals surface area contributed by atoms with Crippen LogP contribution in [0.1, 0.15) is 56.9 Å². The van der Waals surface area contributed by atoms with Crippen molar-refractivity contribution in [3.63, 3.8) is 0 Å². The largest absolute Gasteiger partial charge is 0.459 e. The maximum Gasteiger partial charge on any atom is 0.134 e. The molecule has 19 heavy (non-hydrogen) atoms. The van der Waals surface area contributed by atoms with E-state index in [1.54, 1.807) is 0 Å². The van der Waals surface area contributed by atoms with Crippen molar-refractivity contribution in [2.75, 3.05) is 0 Å². The maximum atomic E-state index is 6.40. The van der Waals surface area contributed by atoms with E-state index in [1.165, 1.54) is 24.8 Å². The van der Waals surface area contributed by atoms with E-state index in [1.807, 2.05) is 6.07 Å². The Morgan fingerprint density at radius 3 is 2.68 bits per heavy atom. The summed E-state index contributed by atoms with van der Waals surface area (Å²) < 4.78 is 5.92. The third-order valence-corrected chi connectivity index (χ3v) is 3.98. The van der Waals surface area contributed by atoms with E-state index in [2.05, 4.69) is 39.0 Å². The normalized spacial score (nSPS) is 14.7. The van der Waals surface area contributed by atoms with Gasteiger partial charge in [-0.25, -0.2) is 0 Å². The molecule has 0 bridgehead atoms. The summed E-state index contributed by atoms with van der Waals surface area (Å²) >= 11 is 0. The number of unbranched alkanes of at least 4 members (excludes halogenated alkanes) is 1. The molecule has 0 radical (unpaired) electrons. The lowest BCUT2D eigenvalue weighted by Crippen LogP contribution is -2.20. The molecule has 2 aromatic rings. The molecule has 2 unspecified atom stereocenters. The molecule has 1 heterocycles. The minimum Gasteiger partial charge on any atom is -0.459 e. The number of fused-ring (bicyclic) bond motifs is 1. The fraction of sp³-hybridized carbons (Fsp3) is 0.529. The van der Waals surface area contributed by atoms with Crippen molar-refractivity contribution in [1.29, 1.82) is 0 Å². The molecule has 0 aliphatic rings. The number of aryl methyl sites for hydroxylation is 1. The van der Waals surface area contributed by atoms with Gasteiger partial charge >= 0.3 is 0 Å². The van der Waals surface area contributed by atoms with Crippen molar-refractivity contribution in [2.45, 2.75) is 52.5 Å². The lowest BCUT2D eigenvalue weighted by atomic mass is 9.90. The quantitative estimate of drug-likeness (QED) is 0.796. The van der Waals surface area contributed by atoms with Gasteiger partial charge in [-0.2, -0.15) is 0 Å². The molecule has 2 N–H and O–H groups in total. The highest BCUT2D eigenvalue weighted by Gasteiger charge is 2.20. The molecule has 2 atom stereocenters. The Hall–Kier alpha value is -1.28. The van der Waals surface area contributed by atoms with Crippen LogP contribution in [0, 0.1) is 12.8 Å². The first-order valence-electron chi connectivity index (χ1n) is 7.41. The second-order valence-corrected chi connectivity index (χ2v) is 5.53. The molecule has 0 spiro atoms. The predicted molar refractivity (Wildman–Crippen MR) is 81.2 cm³/mol. The molecular weight excluding hydrogens is 234 g/mol. The molecule has 0 amide bonds. The van der Waals surface area contributed by atoms with Crippen LogP contribution < -0.4 is 5.73 Å². The average Bonchev–Trinajstić information content (AvgIpc) is 2.82. The van der Waals surface area contributed by atoms with Crippen LogP contribution in [0.15, 0.2) is 28.7 Å². The van der Waals surface area contributed by atoms with Crippen molar-refractivity contribution < 1.29 is 4.42 Å². The van der Waals surface area contributed by atoms with Crippen molar-refractivity contribution in [2.24, 2.45) is 11.7 Å². The van der Waals surface area contributed by atoms with Gasteiger partial charge in [0, 0.05) is 5.39 Å². The first kappa shape index (κ1) is 14.1. The van der Waals surface area contributed by atoms with Crippen LogP contribution >= 0.6 is 0 Å². The summed E-state index contributed by atoms with van der Waals surface area (Å²) in [5.74, 6) is 1.45. The molecule has 0 aliphatic heterocycles. The topological polar surface area (TPSA) is 39.2 Å². The Bertz CT molecular complexity index is 529. The van der Waals surface area contributed by atoms with Gasteiger partial charge in [-0.15, -0.1) is 0 Å². The fourth-order valence-corrected chi connectivity index (χ4v) is 2.68. The number of benzene rings is 1. The van der Waals surface area contributed by atoms with E-state index in [0.29, 0.717) is 5.92 Å². The van der Waals surface area contributed by atoms with Crippen LogP contribution in [0.2, 0.25) is 0 Å². The monoisotopic (exact) mass is 259 g/mol. The molecule has 0 saturated heterocycles. The van der Waals surface area contributed by atoms with E-state index < -0.39 is 0 Å². The van der Waals surface area contributed by atoms with Gasteiger partial charge in [0.1, 0.15) is 11.3 Å². The summed E-state index contributed by atoms with van der Waals surface area (Å²) in [6.45, 7) is 6.54. The second-order valence-electron chi connectivity index (χ2n) is 5.53. The number of nitrogens with two attached hydrogens (primary N) is 1. The van der Waals surface area contributed by atoms with Crippen molar-refractivity contribution in [3.05, 3.63) is 35.6 Å². The number of furan rings is 1. The first-order chi connectivity index (χ1) is 9.15. The summed E-state index contributed by atoms with van der Waals surface area (Å²) in [6.07, 6.45) is 4.76. The van der Waals surface area contributed by atoms with Gasteiger partial charge in [-0.3, -0.25) is 0 Å². The van der Waals surface area contributed by atoms with Crippen LogP contribution in [0.5, 0.6) is 0 Å². The van der Waals surface area contributed by atoms with Crippen molar-refractivity contribution >= 4 is 11.0 Å². The van der Waals surface area contributed by atoms with Gasteiger partial charge in [0.2, 0.25) is 0 Å². The zero-order valence-electron chi connectivity index (χ0n) is 12.3. The van der Waals surface area contributed by atoms with Gasteiger partial charge in [0.05, 0.1) is 6.04 Å². The summed E-state index contributed by atoms with van der Waals surface area (Å²) in [7, 11) is 0. The Balaban J connectivity index is 2.22. The highest BCUT2D eigenvalue weighted by atomic mass is 16.3. The van der Waals surface area contributed by atoms with Gasteiger partial charge in [0.15, 0.2) is 0 Å². The number of hydrogen-bond acceptors (Lipinski definition) is 2. The SMILES string of the molecule is CCCCC(CC)C(N)c1cc2cc(C)ccc2o1. The Morgan fingerprint density at radius 2 is 2.00 bits per heavy atom. The molecule has 0 fully saturated rings. The highest BCUT2D eigenvalue weighted by Crippen LogP contribution is 2.31. The summed E-state index contributed by atoms with van der Waals surface area (Å²) in [5.41, 5.74) is 8.60. The van der Waals surface area contributed by atoms with Crippen molar-refractivity contribution in [1.82, 2.24) is 0 Å². The lowest BCUT2D eigenvalue weighted by Gasteiger charge is -2.20. The maximum absolute atomic E-state index is 6.40. The van der Waals surface area contributed by atoms with Gasteiger partial charge in [0.25, 0.3) is 0 Å². The minimum absolute atomic E-state index is 0.0178. The van der Waals surface area contributed by atoms with Gasteiger partial charge < -0.3 is 10.2 Å². The van der Waals surface area contributed by atoms with E-state index in [4.69, 9.17) is 10.2 Å². The molecule has 2 nitrogen and oxygen atoms in total. The van der Waals surface area contributed by atoms with Gasteiger partial charge in [-0.05, 0) is 37.5 Å². The van der Waals surface area contributed by atoms with E-state index in [-0.39, 0.29) is 6.04 Å². The third kappa shape index (κ3) is 3.19. The van der Waals surface area contributed by atoms with E-state index in [0.717, 1.165) is 23.2 Å². The molecule has 1 aromatic carbocycles. The van der Waals surface area contributed by atoms with Crippen LogP contribution in [-0.4, -0.2) is 0 Å². The number of hydrogen-bond donors (Lipinski definition) is 1. The fourth-order valence-electron chi connectivity index (χ4n) is 2.68. The third-order valence-electron chi connectivity index (χ3n) is 3.98. The Labute approximate surface area is 116 Å². The van der Waals surface area contributed by atoms with Gasteiger partial charge in [-0.1, -0.05) is 44.7 Å². The minimum atomic E-state index is 0.0178. The summed E-state index contributed by atoms with van der Waals surface area (Å²) in [4.78, 5) is 0. The molecule has 0 saturated carbocycles. The zero-order chi connectivity index (χ0) is 13.8. The highest BCUT2D eigenvalue weighted by molar-refractivity contribution is 5.78. The smallest absolute Gasteiger partial charge is 0.134 e. The average molecular weight is 259 g/mol. The van der Waals surface area contributed by atoms with Crippen LogP contribution in [-0.2, 0) is 0 Å². The summed E-state index contributed by atoms with van der Waals surface area (Å²) in [5, 5.41) is 1.16. The lowest BCUT2D eigenvalue weighted by molar-refractivity contribution is 0.337. The van der Waals surface area contributed by atoms with Crippen molar-refractivity contribution in [3.8, 4) is 0 Å². The molecule has 2 heteroatoms. The number of rotatable bonds is 6. The zero-order valence-corrected chi connectivity index (χ0v) is 12.3. The molecule has 2 rings (SSSR count). The molecule has 1 aromatic heterocycles. The first-order valence-corrected chi connectivity index (χ1v) is 7.41. The Kier molecular flexibility index (Phi) is 4.65. The van der Waals surface area contributed by atoms with E-state index in [9.17, 15) is 0 Å². The predicted octanol–water partition coefficient (Wildman–Crippen LogP) is 4.96. The van der Waals surface area contributed by atoms with E-state index >= 15 is 0 Å². The molecule has 104 valence electrons. The molecule has 0 aliphatic carbocycles. The van der Waals surface area contributed by atoms with Crippen LogP contribution in [0.4, 0.5) is 0 Å². The summed E-state index contributed by atoms with van der Waals surface area (Å²) in [6, 6.07) is 8.40. The second kappa shape index (κ2) is 6.25. The standard InChI is InChI=1S/C17H25NO/c1-4-6-7-13(5-2)17(18)16-11-14-10-12(3)8-9-15(14)19-16/h8-11,13,17H,4-7,18H2,1-3H3. The van der Waals surface area contributed by atoms with Crippen LogP contribution in [0.25, 0.3) is 11.0 Å². The Morgan fingerprint density at radius 1 is 1.21 bits per heavy atom. The van der Waals surface area contributed by atoms with Crippen LogP contribution in [0.3, 0.4) is 0 Å². The molecular formula is C17H25NO.